The quantitative estimate of drug-likeness (QED) is 0.0300. The molecule has 3 unspecified atom stereocenters. The van der Waals surface area contributed by atoms with E-state index in [1.54, 1.807) is 6.08 Å². The van der Waals surface area contributed by atoms with Gasteiger partial charge in [0.05, 0.1) is 18.8 Å². The van der Waals surface area contributed by atoms with Crippen LogP contribution in [0.1, 0.15) is 206 Å². The maximum absolute atomic E-state index is 12.4. The number of rotatable bonds is 37. The SMILES string of the molecule is CCCCC/C=C\C=C/CCCCCCCC(O)C(=O)NC(CO)C(O)/C=C/CCCCCCCCCCCCCCCCCCCC. The number of unbranched alkanes of at least 4 members (excludes halogenated alkanes) is 26. The number of carbonyl (C=O) groups is 1. The molecule has 3 atom stereocenters. The summed E-state index contributed by atoms with van der Waals surface area (Å²) in [5.41, 5.74) is 0. The van der Waals surface area contributed by atoms with Gasteiger partial charge in [-0.15, -0.1) is 0 Å². The Hall–Kier alpha value is -1.43. The zero-order valence-corrected chi connectivity index (χ0v) is 31.9. The maximum Gasteiger partial charge on any atom is 0.249 e. The molecule has 0 spiro atoms. The fourth-order valence-corrected chi connectivity index (χ4v) is 6.17. The van der Waals surface area contributed by atoms with Crippen molar-refractivity contribution in [3.63, 3.8) is 0 Å². The third-order valence-corrected chi connectivity index (χ3v) is 9.50. The minimum Gasteiger partial charge on any atom is -0.394 e. The summed E-state index contributed by atoms with van der Waals surface area (Å²) in [6.45, 7) is 4.14. The molecule has 4 N–H and O–H groups in total. The Bertz CT molecular complexity index is 749. The van der Waals surface area contributed by atoms with Gasteiger partial charge in [-0.3, -0.25) is 4.79 Å². The van der Waals surface area contributed by atoms with E-state index in [0.717, 1.165) is 51.4 Å². The van der Waals surface area contributed by atoms with Crippen LogP contribution in [-0.2, 0) is 4.79 Å². The zero-order valence-electron chi connectivity index (χ0n) is 31.9. The van der Waals surface area contributed by atoms with Crippen LogP contribution in [0, 0.1) is 0 Å². The molecule has 0 aliphatic carbocycles. The molecule has 0 saturated carbocycles. The van der Waals surface area contributed by atoms with Gasteiger partial charge >= 0.3 is 0 Å². The number of hydrogen-bond acceptors (Lipinski definition) is 4. The minimum atomic E-state index is -1.11. The second-order valence-corrected chi connectivity index (χ2v) is 14.2. The van der Waals surface area contributed by atoms with Gasteiger partial charge in [-0.1, -0.05) is 198 Å². The number of aliphatic hydroxyl groups is 3. The van der Waals surface area contributed by atoms with Crippen molar-refractivity contribution in [2.45, 2.75) is 225 Å². The van der Waals surface area contributed by atoms with Crippen molar-refractivity contribution in [1.82, 2.24) is 5.32 Å². The van der Waals surface area contributed by atoms with Gasteiger partial charge < -0.3 is 20.6 Å². The van der Waals surface area contributed by atoms with Crippen LogP contribution in [0.5, 0.6) is 0 Å². The molecule has 5 nitrogen and oxygen atoms in total. The average Bonchev–Trinajstić information content (AvgIpc) is 3.09. The first-order valence-corrected chi connectivity index (χ1v) is 20.8. The summed E-state index contributed by atoms with van der Waals surface area (Å²) in [7, 11) is 0. The van der Waals surface area contributed by atoms with E-state index in [0.29, 0.717) is 6.42 Å². The highest BCUT2D eigenvalue weighted by Gasteiger charge is 2.22. The largest absolute Gasteiger partial charge is 0.394 e. The molecule has 0 aliphatic rings. The second-order valence-electron chi connectivity index (χ2n) is 14.2. The summed E-state index contributed by atoms with van der Waals surface area (Å²) in [4.78, 5) is 12.4. The summed E-state index contributed by atoms with van der Waals surface area (Å²) >= 11 is 0. The van der Waals surface area contributed by atoms with Crippen LogP contribution < -0.4 is 5.32 Å². The fraction of sp³-hybridized carbons (Fsp3) is 0.837. The predicted molar refractivity (Wildman–Crippen MR) is 208 cm³/mol. The molecule has 0 aliphatic heterocycles. The molecule has 282 valence electrons. The maximum atomic E-state index is 12.4. The Kier molecular flexibility index (Phi) is 37.2. The average molecular weight is 676 g/mol. The smallest absolute Gasteiger partial charge is 0.249 e. The van der Waals surface area contributed by atoms with Gasteiger partial charge in [-0.05, 0) is 44.9 Å². The third-order valence-electron chi connectivity index (χ3n) is 9.50. The Morgan fingerprint density at radius 3 is 1.31 bits per heavy atom. The monoisotopic (exact) mass is 676 g/mol. The molecule has 0 aromatic carbocycles. The standard InChI is InChI=1S/C43H81NO4/c1-3-5-7-9-11-13-15-17-19-20-21-22-23-24-26-27-29-31-33-35-37-41(46)40(39-45)44-43(48)42(47)38-36-34-32-30-28-25-18-16-14-12-10-8-6-4-2/h12,14,16,18,35,37,40-42,45-47H,3-11,13,15,17,19-34,36,38-39H2,1-2H3,(H,44,48)/b14-12-,18-16-,37-35+. The lowest BCUT2D eigenvalue weighted by molar-refractivity contribution is -0.131. The van der Waals surface area contributed by atoms with Crippen molar-refractivity contribution in [3.05, 3.63) is 36.5 Å². The Morgan fingerprint density at radius 1 is 0.521 bits per heavy atom. The number of amides is 1. The van der Waals surface area contributed by atoms with Gasteiger partial charge in [-0.2, -0.15) is 0 Å². The number of allylic oxidation sites excluding steroid dienone is 5. The number of nitrogens with one attached hydrogen (secondary N) is 1. The van der Waals surface area contributed by atoms with Crippen molar-refractivity contribution in [3.8, 4) is 0 Å². The first-order chi connectivity index (χ1) is 23.6. The van der Waals surface area contributed by atoms with Crippen molar-refractivity contribution in [2.24, 2.45) is 0 Å². The fourth-order valence-electron chi connectivity index (χ4n) is 6.17. The van der Waals surface area contributed by atoms with Crippen LogP contribution in [0.2, 0.25) is 0 Å². The molecule has 0 radical (unpaired) electrons. The molecule has 0 aromatic heterocycles. The van der Waals surface area contributed by atoms with Gasteiger partial charge in [-0.25, -0.2) is 0 Å². The van der Waals surface area contributed by atoms with Gasteiger partial charge in [0, 0.05) is 0 Å². The highest BCUT2D eigenvalue weighted by atomic mass is 16.3. The van der Waals surface area contributed by atoms with Crippen molar-refractivity contribution in [1.29, 1.82) is 0 Å². The molecule has 0 bridgehead atoms. The van der Waals surface area contributed by atoms with E-state index in [1.165, 1.54) is 135 Å². The summed E-state index contributed by atoms with van der Waals surface area (Å²) in [6.07, 6.45) is 47.4. The molecule has 1 amide bonds. The lowest BCUT2D eigenvalue weighted by atomic mass is 10.0. The highest BCUT2D eigenvalue weighted by Crippen LogP contribution is 2.15. The number of hydrogen-bond donors (Lipinski definition) is 4. The Labute approximate surface area is 298 Å². The summed E-state index contributed by atoms with van der Waals surface area (Å²) in [5, 5.41) is 33.1. The van der Waals surface area contributed by atoms with Gasteiger partial charge in [0.1, 0.15) is 6.10 Å². The van der Waals surface area contributed by atoms with E-state index < -0.39 is 24.2 Å². The predicted octanol–water partition coefficient (Wildman–Crippen LogP) is 11.6. The minimum absolute atomic E-state index is 0.369. The first kappa shape index (κ1) is 46.6. The topological polar surface area (TPSA) is 89.8 Å². The van der Waals surface area contributed by atoms with Crippen LogP contribution in [0.4, 0.5) is 0 Å². The zero-order chi connectivity index (χ0) is 35.2. The van der Waals surface area contributed by atoms with E-state index in [2.05, 4.69) is 43.5 Å². The van der Waals surface area contributed by atoms with Crippen LogP contribution in [0.3, 0.4) is 0 Å². The van der Waals surface area contributed by atoms with Crippen molar-refractivity contribution in [2.75, 3.05) is 6.61 Å². The van der Waals surface area contributed by atoms with E-state index in [4.69, 9.17) is 0 Å². The molecule has 0 rings (SSSR count). The lowest BCUT2D eigenvalue weighted by Gasteiger charge is -2.21. The summed E-state index contributed by atoms with van der Waals surface area (Å²) in [6, 6.07) is -0.803. The molecule has 0 saturated heterocycles. The molecule has 5 heteroatoms. The van der Waals surface area contributed by atoms with Crippen LogP contribution >= 0.6 is 0 Å². The van der Waals surface area contributed by atoms with E-state index >= 15 is 0 Å². The molecular weight excluding hydrogens is 594 g/mol. The first-order valence-electron chi connectivity index (χ1n) is 20.8. The van der Waals surface area contributed by atoms with Gasteiger partial charge in [0.25, 0.3) is 0 Å². The molecule has 0 fully saturated rings. The summed E-state index contributed by atoms with van der Waals surface area (Å²) in [5.74, 6) is -0.516. The second kappa shape index (κ2) is 38.4. The Morgan fingerprint density at radius 2 is 0.875 bits per heavy atom. The summed E-state index contributed by atoms with van der Waals surface area (Å²) < 4.78 is 0. The normalized spacial score (nSPS) is 14.0. The van der Waals surface area contributed by atoms with Crippen molar-refractivity contribution >= 4 is 5.91 Å². The molecular formula is C43H81NO4. The Balaban J connectivity index is 3.71. The van der Waals surface area contributed by atoms with Crippen molar-refractivity contribution < 1.29 is 20.1 Å². The van der Waals surface area contributed by atoms with Gasteiger partial charge in [0.15, 0.2) is 0 Å². The lowest BCUT2D eigenvalue weighted by Crippen LogP contribution is -2.48. The van der Waals surface area contributed by atoms with Crippen LogP contribution in [0.25, 0.3) is 0 Å². The molecule has 0 heterocycles. The van der Waals surface area contributed by atoms with Gasteiger partial charge in [0.2, 0.25) is 5.91 Å². The van der Waals surface area contributed by atoms with E-state index in [1.807, 2.05) is 6.08 Å². The molecule has 48 heavy (non-hydrogen) atoms. The van der Waals surface area contributed by atoms with E-state index in [-0.39, 0.29) is 6.61 Å². The highest BCUT2D eigenvalue weighted by molar-refractivity contribution is 5.80. The third kappa shape index (κ3) is 33.1. The van der Waals surface area contributed by atoms with E-state index in [9.17, 15) is 20.1 Å². The number of aliphatic hydroxyl groups excluding tert-OH is 3. The van der Waals surface area contributed by atoms with Crippen LogP contribution in [0.15, 0.2) is 36.5 Å². The van der Waals surface area contributed by atoms with Crippen LogP contribution in [-0.4, -0.2) is 46.1 Å². The molecule has 0 aromatic rings. The number of carbonyl (C=O) groups excluding carboxylic acids is 1.